The van der Waals surface area contributed by atoms with E-state index in [2.05, 4.69) is 47.9 Å². The highest BCUT2D eigenvalue weighted by atomic mass is 31.2. The van der Waals surface area contributed by atoms with Crippen LogP contribution in [0.5, 0.6) is 0 Å². The number of aliphatic hydroxyl groups excluding tert-OH is 5. The molecule has 0 aliphatic heterocycles. The Morgan fingerprint density at radius 2 is 1.04 bits per heavy atom. The first-order valence-corrected chi connectivity index (χ1v) is 27.2. The van der Waals surface area contributed by atoms with Gasteiger partial charge in [0, 0.05) is 12.8 Å². The summed E-state index contributed by atoms with van der Waals surface area (Å²) in [5.74, 6) is -1.41. The van der Waals surface area contributed by atoms with E-state index in [4.69, 9.17) is 18.5 Å². The van der Waals surface area contributed by atoms with Gasteiger partial charge in [-0.1, -0.05) is 148 Å². The van der Waals surface area contributed by atoms with E-state index >= 15 is 0 Å². The Morgan fingerprint density at radius 1 is 0.543 bits per heavy atom. The number of hydrogen-bond donors (Lipinski definition) is 8. The lowest BCUT2D eigenvalue weighted by Crippen LogP contribution is -2.64. The number of phosphoric acid groups is 2. The predicted molar refractivity (Wildman–Crippen MR) is 270 cm³/mol. The Balaban J connectivity index is 2.70. The molecule has 1 aliphatic rings. The Labute approximate surface area is 414 Å². The van der Waals surface area contributed by atoms with Crippen molar-refractivity contribution >= 4 is 27.6 Å². The zero-order chi connectivity index (χ0) is 51.9. The molecule has 8 N–H and O–H groups in total. The molecule has 0 aromatic carbocycles. The maximum atomic E-state index is 13.0. The highest BCUT2D eigenvalue weighted by Crippen LogP contribution is 2.49. The van der Waals surface area contributed by atoms with Crippen LogP contribution in [0.15, 0.2) is 122 Å². The molecule has 19 heteroatoms. The number of rotatable bonds is 38. The van der Waals surface area contributed by atoms with E-state index in [1.165, 1.54) is 19.3 Å². The maximum absolute atomic E-state index is 13.0. The lowest BCUT2D eigenvalue weighted by atomic mass is 9.85. The molecule has 0 bridgehead atoms. The SMILES string of the molecule is CC/C=C\C(O)C/C=C/C=C\C/C=C\C/C=C\CCCC(=O)O[C@H](COC(=O)CC/C=C\C/C=C\C/C=C\C/C=C\C/C=C\CCCCC)COP(=O)(O)O[C@H]1C(O)C(O)C(O)[C@@H](OP(=O)(O)O)C1O. The van der Waals surface area contributed by atoms with Crippen molar-refractivity contribution in [3.63, 3.8) is 0 Å². The summed E-state index contributed by atoms with van der Waals surface area (Å²) in [4.78, 5) is 54.3. The number of esters is 2. The number of hydrogen-bond acceptors (Lipinski definition) is 14. The zero-order valence-corrected chi connectivity index (χ0v) is 42.5. The molecule has 0 aromatic rings. The second kappa shape index (κ2) is 39.9. The Morgan fingerprint density at radius 3 is 1.59 bits per heavy atom. The van der Waals surface area contributed by atoms with Crippen molar-refractivity contribution in [3.05, 3.63) is 122 Å². The van der Waals surface area contributed by atoms with Gasteiger partial charge in [-0.15, -0.1) is 0 Å². The molecule has 1 rings (SSSR count). The summed E-state index contributed by atoms with van der Waals surface area (Å²) in [6.45, 7) is 2.72. The lowest BCUT2D eigenvalue weighted by Gasteiger charge is -2.43. The molecule has 70 heavy (non-hydrogen) atoms. The molecule has 1 aliphatic carbocycles. The predicted octanol–water partition coefficient (Wildman–Crippen LogP) is 8.47. The number of unbranched alkanes of at least 4 members (excludes halogenated alkanes) is 4. The first kappa shape index (κ1) is 64.4. The van der Waals surface area contributed by atoms with Gasteiger partial charge in [-0.3, -0.25) is 23.2 Å². The van der Waals surface area contributed by atoms with Crippen molar-refractivity contribution in [2.75, 3.05) is 13.2 Å². The van der Waals surface area contributed by atoms with Gasteiger partial charge in [0.05, 0.1) is 12.7 Å². The number of aliphatic hydroxyl groups is 5. The highest BCUT2D eigenvalue weighted by molar-refractivity contribution is 7.47. The molecule has 1 fully saturated rings. The molecule has 0 amide bonds. The number of phosphoric ester groups is 2. The third-order valence-corrected chi connectivity index (χ3v) is 11.6. The van der Waals surface area contributed by atoms with E-state index in [9.17, 15) is 58.9 Å². The monoisotopic (exact) mass is 1030 g/mol. The van der Waals surface area contributed by atoms with Crippen molar-refractivity contribution in [1.82, 2.24) is 0 Å². The van der Waals surface area contributed by atoms with Crippen LogP contribution in [0.2, 0.25) is 0 Å². The minimum atomic E-state index is -5.39. The fourth-order valence-electron chi connectivity index (χ4n) is 6.36. The molecule has 0 heterocycles. The standard InChI is InChI=1S/C51H80O17P2/c1-3-5-7-8-9-10-11-12-13-14-15-16-17-18-22-25-28-31-34-38-44(53)64-40-43(41-65-70(62,63)68-51-48(57)46(55)47(56)50(49(51)58)67-69(59,60)61)66-45(54)39-35-32-29-26-23-20-19-21-24-27-30-33-37-42(52)36-6-4-2/h6,9-10,12-13,15-16,18-20,22,24,26-31,33,36,42-43,46-52,55-58H,3-5,7-8,11,14,17,21,23,25,32,34-35,37-41H2,1-2H3,(H,62,63)(H2,59,60,61)/b10-9-,13-12-,16-15-,20-19-,22-18-,27-24-,29-26-,31-28-,33-30+,36-6-/t42?,43-,46?,47?,48?,49?,50-,51+/m1/s1. The normalized spacial score (nSPS) is 22.5. The van der Waals surface area contributed by atoms with Crippen LogP contribution in [0, 0.1) is 0 Å². The summed E-state index contributed by atoms with van der Waals surface area (Å²) in [5, 5.41) is 51.0. The van der Waals surface area contributed by atoms with Crippen LogP contribution in [-0.4, -0.2) is 114 Å². The molecule has 9 atom stereocenters. The first-order chi connectivity index (χ1) is 33.5. The Kier molecular flexibility index (Phi) is 36.7. The molecular formula is C51H80O17P2. The van der Waals surface area contributed by atoms with Crippen LogP contribution in [0.3, 0.4) is 0 Å². The second-order valence-electron chi connectivity index (χ2n) is 16.3. The molecule has 0 radical (unpaired) electrons. The van der Waals surface area contributed by atoms with E-state index in [1.54, 1.807) is 6.08 Å². The van der Waals surface area contributed by atoms with E-state index in [0.29, 0.717) is 38.5 Å². The number of allylic oxidation sites excluding steroid dienone is 18. The summed E-state index contributed by atoms with van der Waals surface area (Å²) in [6.07, 6.45) is 36.5. The number of carbonyl (C=O) groups is 2. The van der Waals surface area contributed by atoms with Gasteiger partial charge in [-0.25, -0.2) is 9.13 Å². The van der Waals surface area contributed by atoms with Crippen molar-refractivity contribution in [1.29, 1.82) is 0 Å². The summed E-state index contributed by atoms with van der Waals surface area (Å²) < 4.78 is 49.2. The molecular weight excluding hydrogens is 946 g/mol. The van der Waals surface area contributed by atoms with Crippen LogP contribution in [0.4, 0.5) is 0 Å². The van der Waals surface area contributed by atoms with Crippen molar-refractivity contribution in [3.8, 4) is 0 Å². The first-order valence-electron chi connectivity index (χ1n) is 24.2. The van der Waals surface area contributed by atoms with E-state index in [-0.39, 0.29) is 12.8 Å². The molecule has 0 saturated heterocycles. The minimum Gasteiger partial charge on any atom is -0.462 e. The fraction of sp³-hybridized carbons (Fsp3) is 0.569. The van der Waals surface area contributed by atoms with Gasteiger partial charge in [-0.2, -0.15) is 0 Å². The van der Waals surface area contributed by atoms with Gasteiger partial charge in [0.2, 0.25) is 0 Å². The summed E-state index contributed by atoms with van der Waals surface area (Å²) in [5.41, 5.74) is 0. The third kappa shape index (κ3) is 33.9. The highest BCUT2D eigenvalue weighted by Gasteiger charge is 2.54. The van der Waals surface area contributed by atoms with Crippen LogP contribution >= 0.6 is 15.6 Å². The van der Waals surface area contributed by atoms with Gasteiger partial charge in [-0.05, 0) is 83.5 Å². The topological polar surface area (TPSA) is 276 Å². The fourth-order valence-corrected chi connectivity index (χ4v) is 7.90. The quantitative estimate of drug-likeness (QED) is 0.00946. The summed E-state index contributed by atoms with van der Waals surface area (Å²) in [7, 11) is -10.8. The van der Waals surface area contributed by atoms with Crippen molar-refractivity contribution < 1.29 is 82.0 Å². The number of ether oxygens (including phenoxy) is 2. The number of carbonyl (C=O) groups excluding carboxylic acids is 2. The van der Waals surface area contributed by atoms with Crippen LogP contribution in [0.25, 0.3) is 0 Å². The van der Waals surface area contributed by atoms with E-state index < -0.39 is 89.6 Å². The molecule has 396 valence electrons. The average Bonchev–Trinajstić information content (AvgIpc) is 3.31. The van der Waals surface area contributed by atoms with Crippen LogP contribution in [-0.2, 0) is 41.8 Å². The smallest absolute Gasteiger partial charge is 0.462 e. The lowest BCUT2D eigenvalue weighted by molar-refractivity contribution is -0.216. The molecule has 6 unspecified atom stereocenters. The molecule has 17 nitrogen and oxygen atoms in total. The van der Waals surface area contributed by atoms with Crippen LogP contribution in [0.1, 0.15) is 123 Å². The van der Waals surface area contributed by atoms with Crippen molar-refractivity contribution in [2.24, 2.45) is 0 Å². The summed E-state index contributed by atoms with van der Waals surface area (Å²) >= 11 is 0. The minimum absolute atomic E-state index is 0.0313. The van der Waals surface area contributed by atoms with Gasteiger partial charge < -0.3 is 49.7 Å². The van der Waals surface area contributed by atoms with Crippen molar-refractivity contribution in [2.45, 2.75) is 172 Å². The third-order valence-electron chi connectivity index (χ3n) is 10.1. The maximum Gasteiger partial charge on any atom is 0.472 e. The molecule has 0 aromatic heterocycles. The Hall–Kier alpha value is -3.64. The van der Waals surface area contributed by atoms with Gasteiger partial charge in [0.15, 0.2) is 6.10 Å². The molecule has 0 spiro atoms. The van der Waals surface area contributed by atoms with Gasteiger partial charge >= 0.3 is 27.6 Å². The average molecular weight is 1030 g/mol. The van der Waals surface area contributed by atoms with Gasteiger partial charge in [0.1, 0.15) is 43.2 Å². The Bertz CT molecular complexity index is 1830. The molecule has 1 saturated carbocycles. The zero-order valence-electron chi connectivity index (χ0n) is 40.7. The largest absolute Gasteiger partial charge is 0.472 e. The summed E-state index contributed by atoms with van der Waals surface area (Å²) in [6, 6.07) is 0. The van der Waals surface area contributed by atoms with E-state index in [0.717, 1.165) is 38.5 Å². The van der Waals surface area contributed by atoms with Gasteiger partial charge in [0.25, 0.3) is 0 Å². The van der Waals surface area contributed by atoms with Crippen LogP contribution < -0.4 is 0 Å². The van der Waals surface area contributed by atoms with E-state index in [1.807, 2.05) is 85.9 Å². The second-order valence-corrected chi connectivity index (χ2v) is 18.9.